The Labute approximate surface area is 130 Å². The zero-order chi connectivity index (χ0) is 15.4. The lowest BCUT2D eigenvalue weighted by molar-refractivity contribution is -0.124. The van der Waals surface area contributed by atoms with Crippen molar-refractivity contribution < 1.29 is 4.79 Å². The Balaban J connectivity index is 1.62. The summed E-state index contributed by atoms with van der Waals surface area (Å²) in [5.74, 6) is 0.128. The highest BCUT2D eigenvalue weighted by molar-refractivity contribution is 5.81. The molecule has 1 aliphatic heterocycles. The van der Waals surface area contributed by atoms with E-state index in [1.54, 1.807) is 0 Å². The second-order valence-corrected chi connectivity index (χ2v) is 5.71. The van der Waals surface area contributed by atoms with Gasteiger partial charge in [-0.15, -0.1) is 0 Å². The predicted molar refractivity (Wildman–Crippen MR) is 86.3 cm³/mol. The fraction of sp³-hybridized carbons (Fsp3) is 0.412. The van der Waals surface area contributed by atoms with Crippen LogP contribution in [0.1, 0.15) is 13.3 Å². The number of benzene rings is 1. The number of nitrogens with zero attached hydrogens (tertiary/aromatic N) is 3. The van der Waals surface area contributed by atoms with Gasteiger partial charge in [-0.25, -0.2) is 0 Å². The van der Waals surface area contributed by atoms with Gasteiger partial charge in [0.15, 0.2) is 0 Å². The third-order valence-electron chi connectivity index (χ3n) is 4.21. The minimum Gasteiger partial charge on any atom is -0.355 e. The van der Waals surface area contributed by atoms with Crippen LogP contribution in [0.3, 0.4) is 0 Å². The van der Waals surface area contributed by atoms with Crippen molar-refractivity contribution in [2.24, 2.45) is 0 Å². The maximum absolute atomic E-state index is 11.8. The minimum atomic E-state index is -0.0633. The topological polar surface area (TPSA) is 50.2 Å². The van der Waals surface area contributed by atoms with Gasteiger partial charge in [-0.2, -0.15) is 5.10 Å². The fourth-order valence-corrected chi connectivity index (χ4v) is 2.80. The lowest BCUT2D eigenvalue weighted by Gasteiger charge is -2.24. The minimum absolute atomic E-state index is 0.0633. The van der Waals surface area contributed by atoms with E-state index in [4.69, 9.17) is 0 Å². The summed E-state index contributed by atoms with van der Waals surface area (Å²) in [6.07, 6.45) is 4.97. The number of hydrogen-bond acceptors (Lipinski definition) is 3. The smallest absolute Gasteiger partial charge is 0.237 e. The average Bonchev–Trinajstić information content (AvgIpc) is 2.97. The molecule has 5 heteroatoms. The molecule has 1 aliphatic rings. The Bertz CT molecular complexity index is 623. The van der Waals surface area contributed by atoms with Crippen LogP contribution in [0.5, 0.6) is 0 Å². The van der Waals surface area contributed by atoms with Gasteiger partial charge in [0.05, 0.1) is 18.8 Å². The first-order valence-corrected chi connectivity index (χ1v) is 7.84. The van der Waals surface area contributed by atoms with E-state index >= 15 is 0 Å². The number of carbonyl (C=O) groups excluding carboxylic acids is 1. The third-order valence-corrected chi connectivity index (χ3v) is 4.21. The van der Waals surface area contributed by atoms with Crippen LogP contribution in [0.2, 0.25) is 0 Å². The van der Waals surface area contributed by atoms with E-state index in [9.17, 15) is 4.79 Å². The molecule has 22 heavy (non-hydrogen) atoms. The Morgan fingerprint density at radius 1 is 1.23 bits per heavy atom. The molecule has 1 amide bonds. The Hall–Kier alpha value is -2.14. The number of hydrogen-bond donors (Lipinski definition) is 1. The van der Waals surface area contributed by atoms with Crippen molar-refractivity contribution in [3.05, 3.63) is 42.7 Å². The molecule has 1 aromatic heterocycles. The van der Waals surface area contributed by atoms with E-state index in [0.29, 0.717) is 0 Å². The molecular formula is C17H22N4O. The molecule has 1 fully saturated rings. The Kier molecular flexibility index (Phi) is 4.53. The van der Waals surface area contributed by atoms with Crippen LogP contribution in [-0.2, 0) is 11.3 Å². The maximum atomic E-state index is 11.8. The summed E-state index contributed by atoms with van der Waals surface area (Å²) in [5, 5.41) is 7.38. The van der Waals surface area contributed by atoms with Gasteiger partial charge >= 0.3 is 0 Å². The van der Waals surface area contributed by atoms with Crippen molar-refractivity contribution in [3.63, 3.8) is 0 Å². The second-order valence-electron chi connectivity index (χ2n) is 5.71. The van der Waals surface area contributed by atoms with Crippen LogP contribution in [0, 0.1) is 0 Å². The predicted octanol–water partition coefficient (Wildman–Crippen LogP) is 1.76. The summed E-state index contributed by atoms with van der Waals surface area (Å²) in [5.41, 5.74) is 2.30. The lowest BCUT2D eigenvalue weighted by atomic mass is 10.1. The Morgan fingerprint density at radius 2 is 2.05 bits per heavy atom. The van der Waals surface area contributed by atoms with Crippen molar-refractivity contribution >= 4 is 5.91 Å². The van der Waals surface area contributed by atoms with Gasteiger partial charge in [0.25, 0.3) is 0 Å². The van der Waals surface area contributed by atoms with Crippen LogP contribution in [-0.4, -0.2) is 46.3 Å². The molecule has 2 aromatic rings. The molecule has 5 nitrogen and oxygen atoms in total. The van der Waals surface area contributed by atoms with Gasteiger partial charge < -0.3 is 5.32 Å². The third kappa shape index (κ3) is 3.36. The summed E-state index contributed by atoms with van der Waals surface area (Å²) in [6.45, 7) is 5.33. The van der Waals surface area contributed by atoms with Crippen LogP contribution in [0.15, 0.2) is 42.7 Å². The monoisotopic (exact) mass is 298 g/mol. The van der Waals surface area contributed by atoms with Crippen molar-refractivity contribution in [1.29, 1.82) is 0 Å². The first kappa shape index (κ1) is 14.8. The first-order valence-electron chi connectivity index (χ1n) is 7.84. The second kappa shape index (κ2) is 6.75. The Morgan fingerprint density at radius 3 is 2.86 bits per heavy atom. The zero-order valence-corrected chi connectivity index (χ0v) is 12.9. The molecular weight excluding hydrogens is 276 g/mol. The van der Waals surface area contributed by atoms with Crippen molar-refractivity contribution in [1.82, 2.24) is 20.0 Å². The SMILES string of the molecule is CC1C(=O)NCCCN1CCn1cc(-c2ccccc2)cn1. The van der Waals surface area contributed by atoms with Gasteiger partial charge in [-0.05, 0) is 18.9 Å². The normalized spacial score (nSPS) is 19.7. The van der Waals surface area contributed by atoms with Gasteiger partial charge in [-0.1, -0.05) is 30.3 Å². The molecule has 2 heterocycles. The molecule has 1 aromatic carbocycles. The summed E-state index contributed by atoms with van der Waals surface area (Å²) in [4.78, 5) is 14.1. The van der Waals surface area contributed by atoms with Gasteiger partial charge in [0.2, 0.25) is 5.91 Å². The zero-order valence-electron chi connectivity index (χ0n) is 12.9. The maximum Gasteiger partial charge on any atom is 0.237 e. The van der Waals surface area contributed by atoms with Gasteiger partial charge in [0, 0.05) is 31.4 Å². The highest BCUT2D eigenvalue weighted by Crippen LogP contribution is 2.17. The number of carbonyl (C=O) groups is 1. The molecule has 0 saturated carbocycles. The number of rotatable bonds is 4. The molecule has 0 radical (unpaired) electrons. The molecule has 3 rings (SSSR count). The van der Waals surface area contributed by atoms with E-state index < -0.39 is 0 Å². The van der Waals surface area contributed by atoms with E-state index in [1.807, 2.05) is 36.0 Å². The summed E-state index contributed by atoms with van der Waals surface area (Å²) >= 11 is 0. The van der Waals surface area contributed by atoms with Crippen molar-refractivity contribution in [2.75, 3.05) is 19.6 Å². The fourth-order valence-electron chi connectivity index (χ4n) is 2.80. The molecule has 0 spiro atoms. The number of amides is 1. The number of aromatic nitrogens is 2. The summed E-state index contributed by atoms with van der Waals surface area (Å²) in [6, 6.07) is 10.2. The van der Waals surface area contributed by atoms with Crippen molar-refractivity contribution in [2.45, 2.75) is 25.9 Å². The molecule has 1 atom stereocenters. The highest BCUT2D eigenvalue weighted by atomic mass is 16.2. The molecule has 1 N–H and O–H groups in total. The molecule has 1 unspecified atom stereocenters. The van der Waals surface area contributed by atoms with E-state index in [2.05, 4.69) is 33.6 Å². The van der Waals surface area contributed by atoms with Crippen LogP contribution >= 0.6 is 0 Å². The standard InChI is InChI=1S/C17H22N4O/c1-14-17(22)18-8-5-9-20(14)10-11-21-13-16(12-19-21)15-6-3-2-4-7-15/h2-4,6-7,12-14H,5,8-11H2,1H3,(H,18,22). The van der Waals surface area contributed by atoms with E-state index in [-0.39, 0.29) is 11.9 Å². The quantitative estimate of drug-likeness (QED) is 0.936. The molecule has 1 saturated heterocycles. The van der Waals surface area contributed by atoms with Crippen LogP contribution in [0.4, 0.5) is 0 Å². The number of nitrogens with one attached hydrogen (secondary N) is 1. The highest BCUT2D eigenvalue weighted by Gasteiger charge is 2.23. The lowest BCUT2D eigenvalue weighted by Crippen LogP contribution is -2.43. The van der Waals surface area contributed by atoms with Gasteiger partial charge in [0.1, 0.15) is 0 Å². The summed E-state index contributed by atoms with van der Waals surface area (Å²) < 4.78 is 1.96. The van der Waals surface area contributed by atoms with E-state index in [1.165, 1.54) is 5.56 Å². The average molecular weight is 298 g/mol. The molecule has 0 aliphatic carbocycles. The first-order chi connectivity index (χ1) is 10.7. The van der Waals surface area contributed by atoms with Crippen LogP contribution in [0.25, 0.3) is 11.1 Å². The molecule has 116 valence electrons. The largest absolute Gasteiger partial charge is 0.355 e. The summed E-state index contributed by atoms with van der Waals surface area (Å²) in [7, 11) is 0. The van der Waals surface area contributed by atoms with E-state index in [0.717, 1.165) is 38.2 Å². The van der Waals surface area contributed by atoms with Crippen LogP contribution < -0.4 is 5.32 Å². The van der Waals surface area contributed by atoms with Crippen molar-refractivity contribution in [3.8, 4) is 11.1 Å². The molecule has 0 bridgehead atoms. The van der Waals surface area contributed by atoms with Gasteiger partial charge in [-0.3, -0.25) is 14.4 Å².